The number of para-hydroxylation sites is 1. The fourth-order valence-electron chi connectivity index (χ4n) is 6.95. The summed E-state index contributed by atoms with van der Waals surface area (Å²) in [6.07, 6.45) is 1.51. The number of ether oxygens (including phenoxy) is 1. The number of amides is 3. The number of aliphatic hydroxyl groups is 1. The maximum Gasteiger partial charge on any atom is 0.250 e. The number of aryl methyl sites for hydroxylation is 1. The van der Waals surface area contributed by atoms with Gasteiger partial charge in [0.25, 0.3) is 0 Å². The minimum absolute atomic E-state index is 0.0115. The predicted molar refractivity (Wildman–Crippen MR) is 148 cm³/mol. The highest BCUT2D eigenvalue weighted by Crippen LogP contribution is 2.65. The Morgan fingerprint density at radius 2 is 1.87 bits per heavy atom. The minimum atomic E-state index is -1.14. The number of anilines is 1. The zero-order valence-electron chi connectivity index (χ0n) is 22.6. The fourth-order valence-corrected chi connectivity index (χ4v) is 7.22. The molecule has 9 heteroatoms. The first-order chi connectivity index (χ1) is 18.6. The van der Waals surface area contributed by atoms with E-state index in [9.17, 15) is 19.5 Å². The van der Waals surface area contributed by atoms with Crippen molar-refractivity contribution in [2.45, 2.75) is 63.8 Å². The molecule has 39 heavy (non-hydrogen) atoms. The van der Waals surface area contributed by atoms with E-state index in [4.69, 9.17) is 16.3 Å². The first-order valence-electron chi connectivity index (χ1n) is 13.6. The van der Waals surface area contributed by atoms with Crippen LogP contribution >= 0.6 is 11.6 Å². The van der Waals surface area contributed by atoms with Crippen LogP contribution in [0.1, 0.15) is 44.2 Å². The van der Waals surface area contributed by atoms with Crippen LogP contribution in [0, 0.1) is 24.7 Å². The van der Waals surface area contributed by atoms with Crippen molar-refractivity contribution in [3.8, 4) is 0 Å². The molecule has 0 radical (unpaired) electrons. The molecule has 3 amide bonds. The Kier molecular flexibility index (Phi) is 7.48. The van der Waals surface area contributed by atoms with Crippen molar-refractivity contribution in [1.29, 1.82) is 0 Å². The number of rotatable bonds is 9. The Bertz CT molecular complexity index is 1250. The molecule has 1 spiro atoms. The van der Waals surface area contributed by atoms with Crippen LogP contribution < -0.4 is 10.6 Å². The molecule has 2 aromatic carbocycles. The van der Waals surface area contributed by atoms with E-state index in [1.807, 2.05) is 63.2 Å². The molecule has 2 aromatic rings. The molecule has 8 nitrogen and oxygen atoms in total. The van der Waals surface area contributed by atoms with Crippen molar-refractivity contribution in [1.82, 2.24) is 10.2 Å². The van der Waals surface area contributed by atoms with Crippen molar-refractivity contribution < 1.29 is 24.2 Å². The van der Waals surface area contributed by atoms with Crippen molar-refractivity contribution in [3.05, 3.63) is 64.7 Å². The maximum absolute atomic E-state index is 14.1. The van der Waals surface area contributed by atoms with Crippen molar-refractivity contribution in [3.63, 3.8) is 0 Å². The summed E-state index contributed by atoms with van der Waals surface area (Å²) in [5.41, 5.74) is 0.223. The first-order valence-corrected chi connectivity index (χ1v) is 14.0. The molecule has 3 heterocycles. The summed E-state index contributed by atoms with van der Waals surface area (Å²) in [6.45, 7) is 6.38. The van der Waals surface area contributed by atoms with E-state index in [1.54, 1.807) is 11.0 Å². The number of likely N-dealkylation sites (tertiary alicyclic amines) is 1. The number of nitrogens with zero attached hydrogens (tertiary/aromatic N) is 1. The topological polar surface area (TPSA) is 108 Å². The second-order valence-corrected chi connectivity index (χ2v) is 11.7. The molecule has 3 aliphatic rings. The monoisotopic (exact) mass is 553 g/mol. The molecule has 0 saturated carbocycles. The van der Waals surface area contributed by atoms with Gasteiger partial charge in [0.15, 0.2) is 0 Å². The molecule has 5 rings (SSSR count). The number of hydrogen-bond acceptors (Lipinski definition) is 5. The summed E-state index contributed by atoms with van der Waals surface area (Å²) in [4.78, 5) is 43.5. The quantitative estimate of drug-likeness (QED) is 0.411. The molecule has 3 unspecified atom stereocenters. The lowest BCUT2D eigenvalue weighted by molar-refractivity contribution is -0.146. The molecule has 3 aliphatic heterocycles. The van der Waals surface area contributed by atoms with Crippen LogP contribution in [0.5, 0.6) is 0 Å². The summed E-state index contributed by atoms with van der Waals surface area (Å²) in [5.74, 6) is -2.45. The normalized spacial score (nSPS) is 30.9. The highest BCUT2D eigenvalue weighted by Gasteiger charge is 2.79. The zero-order valence-corrected chi connectivity index (χ0v) is 23.3. The average molecular weight is 554 g/mol. The van der Waals surface area contributed by atoms with Gasteiger partial charge < -0.3 is 25.4 Å². The van der Waals surface area contributed by atoms with Crippen LogP contribution in [0.25, 0.3) is 0 Å². The lowest BCUT2D eigenvalue weighted by Gasteiger charge is -2.36. The Morgan fingerprint density at radius 3 is 2.56 bits per heavy atom. The molecule has 6 atom stereocenters. The Hall–Kier alpha value is -2.94. The number of carbonyl (C=O) groups excluding carboxylic acids is 3. The van der Waals surface area contributed by atoms with E-state index in [0.29, 0.717) is 36.5 Å². The van der Waals surface area contributed by atoms with Gasteiger partial charge in [0.2, 0.25) is 17.7 Å². The molecule has 3 N–H and O–H groups in total. The summed E-state index contributed by atoms with van der Waals surface area (Å²) in [5, 5.41) is 15.8. The van der Waals surface area contributed by atoms with E-state index in [-0.39, 0.29) is 36.8 Å². The lowest BCUT2D eigenvalue weighted by Crippen LogP contribution is -2.54. The van der Waals surface area contributed by atoms with Crippen molar-refractivity contribution in [2.75, 3.05) is 18.5 Å². The Morgan fingerprint density at radius 1 is 1.13 bits per heavy atom. The third kappa shape index (κ3) is 4.52. The Labute approximate surface area is 234 Å². The fraction of sp³-hybridized carbons (Fsp3) is 0.500. The highest BCUT2D eigenvalue weighted by atomic mass is 35.5. The molecular formula is C30H36ClN3O5. The number of carbonyl (C=O) groups is 3. The molecule has 3 fully saturated rings. The van der Waals surface area contributed by atoms with Crippen LogP contribution in [0.2, 0.25) is 5.02 Å². The molecule has 0 aromatic heterocycles. The number of fused-ring (bicyclic) bond motifs is 1. The van der Waals surface area contributed by atoms with Crippen LogP contribution in [-0.2, 0) is 25.7 Å². The van der Waals surface area contributed by atoms with Gasteiger partial charge in [-0.25, -0.2) is 0 Å². The van der Waals surface area contributed by atoms with Gasteiger partial charge in [0.1, 0.15) is 11.6 Å². The highest BCUT2D eigenvalue weighted by molar-refractivity contribution is 6.34. The smallest absolute Gasteiger partial charge is 0.250 e. The van der Waals surface area contributed by atoms with Crippen molar-refractivity contribution in [2.24, 2.45) is 17.8 Å². The van der Waals surface area contributed by atoms with Gasteiger partial charge in [-0.05, 0) is 56.2 Å². The molecule has 3 saturated heterocycles. The van der Waals surface area contributed by atoms with Crippen molar-refractivity contribution >= 4 is 35.0 Å². The minimum Gasteiger partial charge on any atom is -0.396 e. The van der Waals surface area contributed by atoms with Gasteiger partial charge in [-0.2, -0.15) is 0 Å². The Balaban J connectivity index is 1.49. The summed E-state index contributed by atoms with van der Waals surface area (Å²) < 4.78 is 6.74. The molecular weight excluding hydrogens is 518 g/mol. The van der Waals surface area contributed by atoms with E-state index in [0.717, 1.165) is 11.1 Å². The maximum atomic E-state index is 14.1. The van der Waals surface area contributed by atoms with Gasteiger partial charge in [-0.1, -0.05) is 61.0 Å². The lowest BCUT2D eigenvalue weighted by atomic mass is 9.62. The largest absolute Gasteiger partial charge is 0.396 e. The number of hydrogen-bond donors (Lipinski definition) is 3. The summed E-state index contributed by atoms with van der Waals surface area (Å²) in [7, 11) is 0. The van der Waals surface area contributed by atoms with E-state index in [1.165, 1.54) is 0 Å². The van der Waals surface area contributed by atoms with E-state index < -0.39 is 29.1 Å². The third-order valence-corrected chi connectivity index (χ3v) is 9.25. The second kappa shape index (κ2) is 10.6. The summed E-state index contributed by atoms with van der Waals surface area (Å²) >= 11 is 6.42. The average Bonchev–Trinajstić information content (AvgIpc) is 3.42. The number of halogens is 1. The number of unbranched alkanes of at least 4 members (excludes halogenated alkanes) is 1. The zero-order chi connectivity index (χ0) is 27.9. The number of benzene rings is 2. The van der Waals surface area contributed by atoms with Crippen LogP contribution in [0.4, 0.5) is 5.69 Å². The standard InChI is InChI=1S/C30H36ClN3O5/c1-18-10-9-13-21(31)24(18)33-27(37)25-30-16-19(2)29(3,39-30)22(23(30)28(38)34(25)14-7-8-15-35)26(36)32-17-20-11-5-4-6-12-20/h4-6,9-13,19,22-23,25,35H,7-8,14-17H2,1-3H3,(H,32,36)(H,33,37)/t19?,22-,23-,25?,29+,30?/m0/s1. The third-order valence-electron chi connectivity index (χ3n) is 8.93. The summed E-state index contributed by atoms with van der Waals surface area (Å²) in [6, 6.07) is 14.1. The van der Waals surface area contributed by atoms with E-state index in [2.05, 4.69) is 10.6 Å². The van der Waals surface area contributed by atoms with Gasteiger partial charge in [-0.3, -0.25) is 14.4 Å². The van der Waals surface area contributed by atoms with Gasteiger partial charge in [0.05, 0.1) is 28.1 Å². The first kappa shape index (κ1) is 27.6. The predicted octanol–water partition coefficient (Wildman–Crippen LogP) is 3.69. The van der Waals surface area contributed by atoms with Crippen LogP contribution in [0.3, 0.4) is 0 Å². The van der Waals surface area contributed by atoms with Gasteiger partial charge >= 0.3 is 0 Å². The van der Waals surface area contributed by atoms with Gasteiger partial charge in [0, 0.05) is 19.7 Å². The number of aliphatic hydroxyl groups excluding tert-OH is 1. The van der Waals surface area contributed by atoms with Crippen LogP contribution in [-0.4, -0.2) is 58.1 Å². The molecule has 208 valence electrons. The van der Waals surface area contributed by atoms with Crippen LogP contribution in [0.15, 0.2) is 48.5 Å². The molecule has 0 aliphatic carbocycles. The SMILES string of the molecule is Cc1cccc(Cl)c1NC(=O)C1N(CCCCO)C(=O)[C@@H]2[C@@H](C(=O)NCc3ccccc3)[C@]3(C)OC12CC3C. The van der Waals surface area contributed by atoms with E-state index >= 15 is 0 Å². The van der Waals surface area contributed by atoms with Gasteiger partial charge in [-0.15, -0.1) is 0 Å². The molecule has 2 bridgehead atoms. The number of nitrogens with one attached hydrogen (secondary N) is 2. The second-order valence-electron chi connectivity index (χ2n) is 11.3.